The third-order valence-corrected chi connectivity index (χ3v) is 5.06. The highest BCUT2D eigenvalue weighted by molar-refractivity contribution is 5.94. The number of aromatic nitrogens is 2. The fourth-order valence-electron chi connectivity index (χ4n) is 3.52. The molecule has 29 heavy (non-hydrogen) atoms. The van der Waals surface area contributed by atoms with Gasteiger partial charge in [0, 0.05) is 50.4 Å². The van der Waals surface area contributed by atoms with E-state index in [4.69, 9.17) is 10.7 Å². The molecular formula is C22H25N5O2. The highest BCUT2D eigenvalue weighted by Gasteiger charge is 2.27. The molecule has 1 aromatic carbocycles. The van der Waals surface area contributed by atoms with Gasteiger partial charge in [-0.25, -0.2) is 9.97 Å². The zero-order valence-electron chi connectivity index (χ0n) is 17.0. The Morgan fingerprint density at radius 1 is 1.24 bits per heavy atom. The van der Waals surface area contributed by atoms with E-state index in [1.54, 1.807) is 30.2 Å². The third-order valence-electron chi connectivity index (χ3n) is 5.06. The van der Waals surface area contributed by atoms with E-state index in [0.717, 1.165) is 29.7 Å². The Bertz CT molecular complexity index is 982. The monoisotopic (exact) mass is 391 g/mol. The SMILES string of the molecule is CC#CC(=O)N1CCC(c2nc(N(C)C)ncc2-c2cccc(C(N)=O)c2)CC1. The van der Waals surface area contributed by atoms with Gasteiger partial charge in [0.05, 0.1) is 5.69 Å². The summed E-state index contributed by atoms with van der Waals surface area (Å²) in [5.74, 6) is 5.49. The molecule has 2 amide bonds. The molecule has 1 saturated heterocycles. The van der Waals surface area contributed by atoms with Gasteiger partial charge in [-0.05, 0) is 43.4 Å². The summed E-state index contributed by atoms with van der Waals surface area (Å²) < 4.78 is 0. The number of hydrogen-bond acceptors (Lipinski definition) is 5. The predicted octanol–water partition coefficient (Wildman–Crippen LogP) is 2.04. The van der Waals surface area contributed by atoms with Gasteiger partial charge in [0.25, 0.3) is 5.91 Å². The van der Waals surface area contributed by atoms with Crippen LogP contribution in [-0.2, 0) is 4.79 Å². The van der Waals surface area contributed by atoms with Crippen molar-refractivity contribution < 1.29 is 9.59 Å². The maximum atomic E-state index is 12.1. The molecule has 1 fully saturated rings. The molecule has 1 aliphatic rings. The standard InChI is InChI=1S/C22H25N5O2/c1-4-6-19(28)27-11-9-15(10-12-27)20-18(14-24-22(25-20)26(2)3)16-7-5-8-17(13-16)21(23)29/h5,7-8,13-15H,9-12H2,1-3H3,(H2,23,29). The number of rotatable bonds is 4. The van der Waals surface area contributed by atoms with Crippen LogP contribution < -0.4 is 10.6 Å². The van der Waals surface area contributed by atoms with Crippen molar-refractivity contribution in [1.29, 1.82) is 0 Å². The summed E-state index contributed by atoms with van der Waals surface area (Å²) in [6.45, 7) is 2.95. The number of piperidine rings is 1. The highest BCUT2D eigenvalue weighted by Crippen LogP contribution is 2.35. The van der Waals surface area contributed by atoms with E-state index in [1.807, 2.05) is 31.1 Å². The second kappa shape index (κ2) is 8.74. The van der Waals surface area contributed by atoms with Gasteiger partial charge in [-0.15, -0.1) is 0 Å². The van der Waals surface area contributed by atoms with Gasteiger partial charge in [-0.2, -0.15) is 0 Å². The largest absolute Gasteiger partial charge is 0.366 e. The predicted molar refractivity (Wildman–Crippen MR) is 112 cm³/mol. The Morgan fingerprint density at radius 3 is 2.59 bits per heavy atom. The number of anilines is 1. The van der Waals surface area contributed by atoms with E-state index in [2.05, 4.69) is 16.8 Å². The van der Waals surface area contributed by atoms with Gasteiger partial charge in [0.2, 0.25) is 11.9 Å². The first-order valence-electron chi connectivity index (χ1n) is 9.57. The van der Waals surface area contributed by atoms with Crippen LogP contribution in [0.4, 0.5) is 5.95 Å². The fourth-order valence-corrected chi connectivity index (χ4v) is 3.52. The Morgan fingerprint density at radius 2 is 1.97 bits per heavy atom. The maximum Gasteiger partial charge on any atom is 0.298 e. The fraction of sp³-hybridized carbons (Fsp3) is 0.364. The second-order valence-corrected chi connectivity index (χ2v) is 7.25. The van der Waals surface area contributed by atoms with Crippen LogP contribution in [0.25, 0.3) is 11.1 Å². The van der Waals surface area contributed by atoms with Crippen molar-refractivity contribution in [2.75, 3.05) is 32.1 Å². The lowest BCUT2D eigenvalue weighted by Gasteiger charge is -2.31. The Kier molecular flexibility index (Phi) is 6.13. The number of nitrogens with zero attached hydrogens (tertiary/aromatic N) is 4. The van der Waals surface area contributed by atoms with E-state index < -0.39 is 5.91 Å². The van der Waals surface area contributed by atoms with E-state index in [0.29, 0.717) is 24.6 Å². The number of primary amides is 1. The quantitative estimate of drug-likeness (QED) is 0.805. The topological polar surface area (TPSA) is 92.4 Å². The number of hydrogen-bond donors (Lipinski definition) is 1. The molecule has 7 heteroatoms. The average molecular weight is 391 g/mol. The van der Waals surface area contributed by atoms with Crippen molar-refractivity contribution in [3.05, 3.63) is 41.7 Å². The van der Waals surface area contributed by atoms with E-state index >= 15 is 0 Å². The lowest BCUT2D eigenvalue weighted by atomic mass is 9.88. The summed E-state index contributed by atoms with van der Waals surface area (Å²) in [6.07, 6.45) is 3.39. The number of carbonyl (C=O) groups is 2. The molecule has 2 heterocycles. The minimum atomic E-state index is -0.469. The van der Waals surface area contributed by atoms with E-state index in [-0.39, 0.29) is 11.8 Å². The molecule has 0 spiro atoms. The van der Waals surface area contributed by atoms with Crippen LogP contribution in [-0.4, -0.2) is 53.9 Å². The van der Waals surface area contributed by atoms with Crippen molar-refractivity contribution >= 4 is 17.8 Å². The van der Waals surface area contributed by atoms with E-state index in [9.17, 15) is 9.59 Å². The molecule has 0 radical (unpaired) electrons. The van der Waals surface area contributed by atoms with Crippen LogP contribution in [0.5, 0.6) is 0 Å². The Balaban J connectivity index is 1.95. The normalized spacial score (nSPS) is 14.1. The molecule has 0 atom stereocenters. The lowest BCUT2D eigenvalue weighted by molar-refractivity contribution is -0.126. The van der Waals surface area contributed by atoms with Crippen molar-refractivity contribution in [2.24, 2.45) is 5.73 Å². The van der Waals surface area contributed by atoms with Crippen molar-refractivity contribution in [3.8, 4) is 23.0 Å². The molecule has 1 aromatic heterocycles. The summed E-state index contributed by atoms with van der Waals surface area (Å²) in [5, 5.41) is 0. The molecule has 2 N–H and O–H groups in total. The lowest BCUT2D eigenvalue weighted by Crippen LogP contribution is -2.37. The number of benzene rings is 1. The smallest absolute Gasteiger partial charge is 0.298 e. The summed E-state index contributed by atoms with van der Waals surface area (Å²) in [5.41, 5.74) is 8.57. The molecule has 0 aliphatic carbocycles. The van der Waals surface area contributed by atoms with Gasteiger partial charge < -0.3 is 15.5 Å². The maximum absolute atomic E-state index is 12.1. The minimum absolute atomic E-state index is 0.128. The number of likely N-dealkylation sites (tertiary alicyclic amines) is 1. The summed E-state index contributed by atoms with van der Waals surface area (Å²) in [6, 6.07) is 7.21. The van der Waals surface area contributed by atoms with Crippen LogP contribution in [0.15, 0.2) is 30.5 Å². The number of amides is 2. The summed E-state index contributed by atoms with van der Waals surface area (Å²) >= 11 is 0. The van der Waals surface area contributed by atoms with Crippen LogP contribution in [0.1, 0.15) is 41.7 Å². The molecule has 3 rings (SSSR count). The molecule has 0 unspecified atom stereocenters. The second-order valence-electron chi connectivity index (χ2n) is 7.25. The van der Waals surface area contributed by atoms with Gasteiger partial charge in [0.1, 0.15) is 0 Å². The van der Waals surface area contributed by atoms with Crippen LogP contribution in [0.2, 0.25) is 0 Å². The molecule has 150 valence electrons. The third kappa shape index (κ3) is 4.54. The molecule has 2 aromatic rings. The number of carbonyl (C=O) groups excluding carboxylic acids is 2. The van der Waals surface area contributed by atoms with Crippen LogP contribution in [0, 0.1) is 11.8 Å². The minimum Gasteiger partial charge on any atom is -0.366 e. The average Bonchev–Trinajstić information content (AvgIpc) is 2.73. The first-order valence-corrected chi connectivity index (χ1v) is 9.57. The van der Waals surface area contributed by atoms with E-state index in [1.165, 1.54) is 0 Å². The Hall–Kier alpha value is -3.40. The summed E-state index contributed by atoms with van der Waals surface area (Å²) in [7, 11) is 3.80. The van der Waals surface area contributed by atoms with Crippen molar-refractivity contribution in [1.82, 2.24) is 14.9 Å². The molecule has 7 nitrogen and oxygen atoms in total. The van der Waals surface area contributed by atoms with Crippen LogP contribution >= 0.6 is 0 Å². The molecule has 1 aliphatic heterocycles. The van der Waals surface area contributed by atoms with Gasteiger partial charge in [0.15, 0.2) is 0 Å². The van der Waals surface area contributed by atoms with Gasteiger partial charge in [-0.3, -0.25) is 9.59 Å². The molecule has 0 bridgehead atoms. The molecular weight excluding hydrogens is 366 g/mol. The van der Waals surface area contributed by atoms with Crippen molar-refractivity contribution in [2.45, 2.75) is 25.7 Å². The number of nitrogens with two attached hydrogens (primary N) is 1. The van der Waals surface area contributed by atoms with Gasteiger partial charge in [-0.1, -0.05) is 18.1 Å². The zero-order valence-corrected chi connectivity index (χ0v) is 17.0. The zero-order chi connectivity index (χ0) is 21.0. The molecule has 0 saturated carbocycles. The van der Waals surface area contributed by atoms with Crippen LogP contribution in [0.3, 0.4) is 0 Å². The first kappa shape index (κ1) is 20.3. The highest BCUT2D eigenvalue weighted by atomic mass is 16.2. The van der Waals surface area contributed by atoms with Crippen molar-refractivity contribution in [3.63, 3.8) is 0 Å². The Labute approximate surface area is 170 Å². The summed E-state index contributed by atoms with van der Waals surface area (Å²) in [4.78, 5) is 36.6. The van der Waals surface area contributed by atoms with Gasteiger partial charge >= 0.3 is 0 Å². The first-order chi connectivity index (χ1) is 13.9.